The van der Waals surface area contributed by atoms with Crippen LogP contribution in [0.4, 0.5) is 5.69 Å². The number of hydrogen-bond donors (Lipinski definition) is 2. The number of nitrogens with two attached hydrogens (primary N) is 2. The summed E-state index contributed by atoms with van der Waals surface area (Å²) in [7, 11) is 0. The Balaban J connectivity index is 2.21. The number of primary amides is 1. The predicted molar refractivity (Wildman–Crippen MR) is 68.4 cm³/mol. The smallest absolute Gasteiger partial charge is 0.248 e. The van der Waals surface area contributed by atoms with Crippen LogP contribution in [0.3, 0.4) is 0 Å². The zero-order chi connectivity index (χ0) is 13.1. The molecule has 0 aliphatic carbocycles. The molecule has 2 aromatic rings. The van der Waals surface area contributed by atoms with Gasteiger partial charge in [0.25, 0.3) is 0 Å². The van der Waals surface area contributed by atoms with Crippen molar-refractivity contribution < 1.29 is 9.53 Å². The lowest BCUT2D eigenvalue weighted by atomic mass is 10.2. The second kappa shape index (κ2) is 4.75. The minimum Gasteiger partial charge on any atom is -0.437 e. The molecule has 0 atom stereocenters. The van der Waals surface area contributed by atoms with E-state index in [1.165, 1.54) is 0 Å². The highest BCUT2D eigenvalue weighted by Crippen LogP contribution is 2.25. The van der Waals surface area contributed by atoms with Gasteiger partial charge in [0.05, 0.1) is 5.69 Å². The zero-order valence-electron chi connectivity index (χ0n) is 9.88. The normalized spacial score (nSPS) is 10.1. The number of nitrogen functional groups attached to an aromatic ring is 1. The van der Waals surface area contributed by atoms with Gasteiger partial charge in [-0.2, -0.15) is 0 Å². The fourth-order valence-electron chi connectivity index (χ4n) is 1.46. The first-order valence-electron chi connectivity index (χ1n) is 5.36. The van der Waals surface area contributed by atoms with Gasteiger partial charge in [-0.1, -0.05) is 0 Å². The number of nitrogens with zero attached hydrogens (tertiary/aromatic N) is 1. The van der Waals surface area contributed by atoms with E-state index in [0.717, 1.165) is 5.56 Å². The van der Waals surface area contributed by atoms with E-state index in [4.69, 9.17) is 16.2 Å². The maximum atomic E-state index is 10.9. The van der Waals surface area contributed by atoms with E-state index in [1.54, 1.807) is 36.5 Å². The molecule has 4 N–H and O–H groups in total. The van der Waals surface area contributed by atoms with Crippen molar-refractivity contribution in [3.8, 4) is 11.6 Å². The van der Waals surface area contributed by atoms with Crippen LogP contribution >= 0.6 is 0 Å². The number of carbonyl (C=O) groups excluding carboxylic acids is 1. The number of rotatable bonds is 3. The van der Waals surface area contributed by atoms with Crippen LogP contribution in [0.25, 0.3) is 0 Å². The summed E-state index contributed by atoms with van der Waals surface area (Å²) in [6.07, 6.45) is 1.67. The third kappa shape index (κ3) is 2.57. The van der Waals surface area contributed by atoms with Gasteiger partial charge in [-0.25, -0.2) is 4.98 Å². The molecular weight excluding hydrogens is 230 g/mol. The highest BCUT2D eigenvalue weighted by Gasteiger charge is 2.05. The largest absolute Gasteiger partial charge is 0.437 e. The topological polar surface area (TPSA) is 91.2 Å². The van der Waals surface area contributed by atoms with E-state index >= 15 is 0 Å². The average Bonchev–Trinajstić information content (AvgIpc) is 2.33. The Kier molecular flexibility index (Phi) is 3.14. The van der Waals surface area contributed by atoms with E-state index in [2.05, 4.69) is 4.98 Å². The van der Waals surface area contributed by atoms with Crippen LogP contribution in [-0.2, 0) is 0 Å². The third-order valence-electron chi connectivity index (χ3n) is 2.37. The highest BCUT2D eigenvalue weighted by molar-refractivity contribution is 5.92. The van der Waals surface area contributed by atoms with Crippen molar-refractivity contribution in [2.75, 3.05) is 5.73 Å². The van der Waals surface area contributed by atoms with Crippen LogP contribution < -0.4 is 16.2 Å². The number of anilines is 1. The minimum atomic E-state index is -0.477. The molecule has 1 heterocycles. The molecule has 0 radical (unpaired) electrons. The Morgan fingerprint density at radius 3 is 2.50 bits per heavy atom. The van der Waals surface area contributed by atoms with Crippen LogP contribution in [0, 0.1) is 6.92 Å². The first-order chi connectivity index (χ1) is 8.56. The number of benzene rings is 1. The fourth-order valence-corrected chi connectivity index (χ4v) is 1.46. The number of amides is 1. The van der Waals surface area contributed by atoms with Gasteiger partial charge in [0.2, 0.25) is 11.8 Å². The van der Waals surface area contributed by atoms with Gasteiger partial charge in [0, 0.05) is 11.8 Å². The number of ether oxygens (including phenoxy) is 1. The molecule has 0 fully saturated rings. The Morgan fingerprint density at radius 2 is 1.94 bits per heavy atom. The summed E-state index contributed by atoms with van der Waals surface area (Å²) in [4.78, 5) is 15.0. The van der Waals surface area contributed by atoms with Gasteiger partial charge in [-0.05, 0) is 42.8 Å². The van der Waals surface area contributed by atoms with Crippen LogP contribution in [0.2, 0.25) is 0 Å². The molecule has 1 aromatic carbocycles. The van der Waals surface area contributed by atoms with Crippen LogP contribution in [0.1, 0.15) is 15.9 Å². The predicted octanol–water partition coefficient (Wildman–Crippen LogP) is 1.86. The molecule has 0 aliphatic rings. The second-order valence-electron chi connectivity index (χ2n) is 3.90. The van der Waals surface area contributed by atoms with Gasteiger partial charge < -0.3 is 16.2 Å². The summed E-state index contributed by atoms with van der Waals surface area (Å²) in [6.45, 7) is 1.90. The quantitative estimate of drug-likeness (QED) is 0.860. The summed E-state index contributed by atoms with van der Waals surface area (Å²) in [5.74, 6) is 0.407. The summed E-state index contributed by atoms with van der Waals surface area (Å²) in [5.41, 5.74) is 12.8. The van der Waals surface area contributed by atoms with Gasteiger partial charge in [-0.3, -0.25) is 4.79 Å². The molecule has 2 rings (SSSR count). The van der Waals surface area contributed by atoms with Crippen molar-refractivity contribution in [3.63, 3.8) is 0 Å². The number of aryl methyl sites for hydroxylation is 1. The van der Waals surface area contributed by atoms with Gasteiger partial charge in [0.15, 0.2) is 0 Å². The van der Waals surface area contributed by atoms with Gasteiger partial charge >= 0.3 is 0 Å². The van der Waals surface area contributed by atoms with Crippen molar-refractivity contribution in [1.82, 2.24) is 4.98 Å². The van der Waals surface area contributed by atoms with Gasteiger partial charge in [-0.15, -0.1) is 0 Å². The molecular formula is C13H13N3O2. The first kappa shape index (κ1) is 11.9. The van der Waals surface area contributed by atoms with E-state index in [9.17, 15) is 4.79 Å². The molecule has 0 spiro atoms. The molecule has 0 bridgehead atoms. The average molecular weight is 243 g/mol. The summed E-state index contributed by atoms with van der Waals surface area (Å²) in [6, 6.07) is 8.23. The van der Waals surface area contributed by atoms with Crippen molar-refractivity contribution in [2.24, 2.45) is 5.73 Å². The van der Waals surface area contributed by atoms with E-state index in [-0.39, 0.29) is 0 Å². The van der Waals surface area contributed by atoms with Crippen LogP contribution in [0.5, 0.6) is 11.6 Å². The SMILES string of the molecule is Cc1cnc(Oc2ccc(C(N)=O)cc2)c(N)c1. The molecule has 0 aliphatic heterocycles. The third-order valence-corrected chi connectivity index (χ3v) is 2.37. The van der Waals surface area contributed by atoms with Gasteiger partial charge in [0.1, 0.15) is 5.75 Å². The number of pyridine rings is 1. The lowest BCUT2D eigenvalue weighted by Crippen LogP contribution is -2.10. The summed E-state index contributed by atoms with van der Waals surface area (Å²) in [5, 5.41) is 0. The molecule has 0 unspecified atom stereocenters. The summed E-state index contributed by atoms with van der Waals surface area (Å²) < 4.78 is 5.51. The van der Waals surface area contributed by atoms with E-state index in [1.807, 2.05) is 6.92 Å². The number of hydrogen-bond acceptors (Lipinski definition) is 4. The zero-order valence-corrected chi connectivity index (χ0v) is 9.88. The van der Waals surface area contributed by atoms with Crippen LogP contribution in [0.15, 0.2) is 36.5 Å². The molecule has 5 heteroatoms. The molecule has 92 valence electrons. The first-order valence-corrected chi connectivity index (χ1v) is 5.36. The Morgan fingerprint density at radius 1 is 1.28 bits per heavy atom. The van der Waals surface area contributed by atoms with Crippen LogP contribution in [-0.4, -0.2) is 10.9 Å². The Hall–Kier alpha value is -2.56. The number of carbonyl (C=O) groups is 1. The lowest BCUT2D eigenvalue weighted by molar-refractivity contribution is 0.100. The monoisotopic (exact) mass is 243 g/mol. The Labute approximate surface area is 104 Å². The number of aromatic nitrogens is 1. The Bertz CT molecular complexity index is 579. The fraction of sp³-hybridized carbons (Fsp3) is 0.0769. The molecule has 0 saturated carbocycles. The van der Waals surface area contributed by atoms with Crippen molar-refractivity contribution in [1.29, 1.82) is 0 Å². The molecule has 1 aromatic heterocycles. The maximum Gasteiger partial charge on any atom is 0.248 e. The molecule has 18 heavy (non-hydrogen) atoms. The minimum absolute atomic E-state index is 0.340. The molecule has 0 saturated heterocycles. The maximum absolute atomic E-state index is 10.9. The van der Waals surface area contributed by atoms with Crippen molar-refractivity contribution in [2.45, 2.75) is 6.92 Å². The summed E-state index contributed by atoms with van der Waals surface area (Å²) >= 11 is 0. The van der Waals surface area contributed by atoms with Crippen molar-refractivity contribution in [3.05, 3.63) is 47.7 Å². The lowest BCUT2D eigenvalue weighted by Gasteiger charge is -2.07. The highest BCUT2D eigenvalue weighted by atomic mass is 16.5. The van der Waals surface area contributed by atoms with E-state index < -0.39 is 5.91 Å². The second-order valence-corrected chi connectivity index (χ2v) is 3.90. The molecule has 1 amide bonds. The van der Waals surface area contributed by atoms with E-state index in [0.29, 0.717) is 22.9 Å². The molecule has 5 nitrogen and oxygen atoms in total. The standard InChI is InChI=1S/C13H13N3O2/c1-8-6-11(14)13(16-7-8)18-10-4-2-9(3-5-10)12(15)17/h2-7H,14H2,1H3,(H2,15,17). The van der Waals surface area contributed by atoms with Crippen molar-refractivity contribution >= 4 is 11.6 Å².